The summed E-state index contributed by atoms with van der Waals surface area (Å²) >= 11 is 6.84. The molecule has 1 aromatic rings. The number of anilines is 1. The number of likely N-dealkylation sites (N-methyl/N-ethyl adjacent to an activating group) is 1. The number of aromatic nitrogens is 1. The van der Waals surface area contributed by atoms with Crippen LogP contribution in [0.1, 0.15) is 6.92 Å². The number of halogens is 2. The topological polar surface area (TPSA) is 28.2 Å². The molecule has 0 aliphatic carbocycles. The van der Waals surface area contributed by atoms with Crippen LogP contribution in [-0.4, -0.2) is 36.6 Å². The summed E-state index contributed by atoms with van der Waals surface area (Å²) in [7, 11) is 4.13. The summed E-state index contributed by atoms with van der Waals surface area (Å²) in [4.78, 5) is 6.45. The van der Waals surface area contributed by atoms with Crippen molar-refractivity contribution in [2.24, 2.45) is 0 Å². The molecule has 0 radical (unpaired) electrons. The molecule has 0 amide bonds. The number of pyridine rings is 1. The van der Waals surface area contributed by atoms with Gasteiger partial charge in [-0.1, -0.05) is 0 Å². The van der Waals surface area contributed by atoms with E-state index in [4.69, 9.17) is 0 Å². The van der Waals surface area contributed by atoms with Gasteiger partial charge in [0.1, 0.15) is 5.82 Å². The second-order valence-corrected chi connectivity index (χ2v) is 5.45. The summed E-state index contributed by atoms with van der Waals surface area (Å²) < 4.78 is 1.95. The lowest BCUT2D eigenvalue weighted by Crippen LogP contribution is -2.31. The second kappa shape index (κ2) is 5.82. The van der Waals surface area contributed by atoms with Gasteiger partial charge in [-0.05, 0) is 58.9 Å². The molecule has 1 unspecified atom stereocenters. The summed E-state index contributed by atoms with van der Waals surface area (Å²) in [5.74, 6) is 0.881. The molecule has 1 N–H and O–H groups in total. The molecule has 0 spiro atoms. The Bertz CT molecular complexity index is 328. The molecule has 3 nitrogen and oxygen atoms in total. The number of hydrogen-bond acceptors (Lipinski definition) is 3. The highest BCUT2D eigenvalue weighted by atomic mass is 79.9. The van der Waals surface area contributed by atoms with E-state index in [0.29, 0.717) is 6.04 Å². The van der Waals surface area contributed by atoms with Crippen molar-refractivity contribution in [1.29, 1.82) is 0 Å². The van der Waals surface area contributed by atoms with E-state index in [2.05, 4.69) is 68.1 Å². The highest BCUT2D eigenvalue weighted by Crippen LogP contribution is 2.23. The van der Waals surface area contributed by atoms with Crippen molar-refractivity contribution in [3.8, 4) is 0 Å². The quantitative estimate of drug-likeness (QED) is 0.916. The molecule has 84 valence electrons. The van der Waals surface area contributed by atoms with Crippen LogP contribution in [0.4, 0.5) is 5.82 Å². The summed E-state index contributed by atoms with van der Waals surface area (Å²) in [5, 5.41) is 3.30. The zero-order chi connectivity index (χ0) is 11.4. The first-order chi connectivity index (χ1) is 7.00. The first-order valence-electron chi connectivity index (χ1n) is 4.72. The molecule has 5 heteroatoms. The van der Waals surface area contributed by atoms with E-state index in [1.807, 2.05) is 6.07 Å². The van der Waals surface area contributed by atoms with Gasteiger partial charge in [-0.25, -0.2) is 4.98 Å². The van der Waals surface area contributed by atoms with Gasteiger partial charge in [-0.2, -0.15) is 0 Å². The SMILES string of the molecule is CC(CNc1ncc(Br)cc1Br)N(C)C. The average molecular weight is 337 g/mol. The fourth-order valence-electron chi connectivity index (χ4n) is 0.972. The van der Waals surface area contributed by atoms with Gasteiger partial charge in [-0.3, -0.25) is 0 Å². The zero-order valence-electron chi connectivity index (χ0n) is 9.09. The molecule has 0 fully saturated rings. The van der Waals surface area contributed by atoms with E-state index in [-0.39, 0.29) is 0 Å². The number of nitrogens with one attached hydrogen (secondary N) is 1. The standard InChI is InChI=1S/C10H15Br2N3/c1-7(15(2)3)5-13-10-9(12)4-8(11)6-14-10/h4,6-7H,5H2,1-3H3,(H,13,14). The van der Waals surface area contributed by atoms with E-state index < -0.39 is 0 Å². The molecule has 0 saturated heterocycles. The minimum Gasteiger partial charge on any atom is -0.368 e. The zero-order valence-corrected chi connectivity index (χ0v) is 12.3. The second-order valence-electron chi connectivity index (χ2n) is 3.68. The van der Waals surface area contributed by atoms with Crippen LogP contribution >= 0.6 is 31.9 Å². The Hall–Kier alpha value is -0.130. The fraction of sp³-hybridized carbons (Fsp3) is 0.500. The minimum absolute atomic E-state index is 0.474. The van der Waals surface area contributed by atoms with Crippen molar-refractivity contribution in [2.45, 2.75) is 13.0 Å². The third-order valence-corrected chi connectivity index (χ3v) is 3.29. The van der Waals surface area contributed by atoms with Crippen LogP contribution in [0, 0.1) is 0 Å². The van der Waals surface area contributed by atoms with E-state index in [1.54, 1.807) is 6.20 Å². The molecule has 1 aromatic heterocycles. The van der Waals surface area contributed by atoms with E-state index in [1.165, 1.54) is 0 Å². The van der Waals surface area contributed by atoms with Crippen LogP contribution in [0.5, 0.6) is 0 Å². The van der Waals surface area contributed by atoms with Crippen molar-refractivity contribution in [2.75, 3.05) is 26.0 Å². The number of hydrogen-bond donors (Lipinski definition) is 1. The van der Waals surface area contributed by atoms with Gasteiger partial charge in [0.2, 0.25) is 0 Å². The molecular weight excluding hydrogens is 322 g/mol. The molecule has 0 aliphatic heterocycles. The van der Waals surface area contributed by atoms with Crippen LogP contribution in [0.3, 0.4) is 0 Å². The average Bonchev–Trinajstić information content (AvgIpc) is 2.15. The Labute approximate surface area is 108 Å². The number of nitrogens with zero attached hydrogens (tertiary/aromatic N) is 2. The van der Waals surface area contributed by atoms with E-state index >= 15 is 0 Å². The van der Waals surface area contributed by atoms with E-state index in [0.717, 1.165) is 21.3 Å². The maximum absolute atomic E-state index is 4.29. The van der Waals surface area contributed by atoms with Gasteiger partial charge in [-0.15, -0.1) is 0 Å². The number of rotatable bonds is 4. The smallest absolute Gasteiger partial charge is 0.140 e. The molecular formula is C10H15Br2N3. The summed E-state index contributed by atoms with van der Waals surface area (Å²) in [5.41, 5.74) is 0. The normalized spacial score (nSPS) is 12.9. The van der Waals surface area contributed by atoms with Gasteiger partial charge in [0.15, 0.2) is 0 Å². The van der Waals surface area contributed by atoms with Gasteiger partial charge in [0.25, 0.3) is 0 Å². The van der Waals surface area contributed by atoms with Crippen molar-refractivity contribution in [3.63, 3.8) is 0 Å². The van der Waals surface area contributed by atoms with E-state index in [9.17, 15) is 0 Å². The maximum atomic E-state index is 4.29. The first-order valence-corrected chi connectivity index (χ1v) is 6.30. The largest absolute Gasteiger partial charge is 0.368 e. The van der Waals surface area contributed by atoms with Gasteiger partial charge < -0.3 is 10.2 Å². The van der Waals surface area contributed by atoms with Crippen LogP contribution in [0.15, 0.2) is 21.2 Å². The Kier molecular flexibility index (Phi) is 5.02. The first kappa shape index (κ1) is 12.9. The predicted molar refractivity (Wildman–Crippen MR) is 71.3 cm³/mol. The molecule has 0 saturated carbocycles. The molecule has 15 heavy (non-hydrogen) atoms. The van der Waals surface area contributed by atoms with Crippen molar-refractivity contribution in [1.82, 2.24) is 9.88 Å². The lowest BCUT2D eigenvalue weighted by Gasteiger charge is -2.20. The van der Waals surface area contributed by atoms with Crippen LogP contribution in [-0.2, 0) is 0 Å². The maximum Gasteiger partial charge on any atom is 0.140 e. The summed E-state index contributed by atoms with van der Waals surface area (Å²) in [6.07, 6.45) is 1.79. The Morgan fingerprint density at radius 2 is 2.13 bits per heavy atom. The van der Waals surface area contributed by atoms with Gasteiger partial charge >= 0.3 is 0 Å². The highest BCUT2D eigenvalue weighted by Gasteiger charge is 2.06. The van der Waals surface area contributed by atoms with Crippen LogP contribution < -0.4 is 5.32 Å². The molecule has 1 heterocycles. The summed E-state index contributed by atoms with van der Waals surface area (Å²) in [6.45, 7) is 3.04. The molecule has 0 aromatic carbocycles. The third-order valence-electron chi connectivity index (χ3n) is 2.25. The molecule has 1 rings (SSSR count). The van der Waals surface area contributed by atoms with Crippen molar-refractivity contribution in [3.05, 3.63) is 21.2 Å². The Morgan fingerprint density at radius 3 is 2.67 bits per heavy atom. The predicted octanol–water partition coefficient (Wildman–Crippen LogP) is 2.97. The Balaban J connectivity index is 2.58. The third kappa shape index (κ3) is 4.09. The van der Waals surface area contributed by atoms with Gasteiger partial charge in [0.05, 0.1) is 4.47 Å². The lowest BCUT2D eigenvalue weighted by atomic mass is 10.3. The molecule has 0 aliphatic rings. The van der Waals surface area contributed by atoms with Gasteiger partial charge in [0, 0.05) is 23.3 Å². The van der Waals surface area contributed by atoms with Crippen LogP contribution in [0.2, 0.25) is 0 Å². The monoisotopic (exact) mass is 335 g/mol. The van der Waals surface area contributed by atoms with Crippen molar-refractivity contribution >= 4 is 37.7 Å². The molecule has 0 bridgehead atoms. The highest BCUT2D eigenvalue weighted by molar-refractivity contribution is 9.11. The summed E-state index contributed by atoms with van der Waals surface area (Å²) in [6, 6.07) is 2.46. The fourth-order valence-corrected chi connectivity index (χ4v) is 2.10. The Morgan fingerprint density at radius 1 is 1.47 bits per heavy atom. The van der Waals surface area contributed by atoms with Crippen molar-refractivity contribution < 1.29 is 0 Å². The minimum atomic E-state index is 0.474. The van der Waals surface area contributed by atoms with Crippen LogP contribution in [0.25, 0.3) is 0 Å². The lowest BCUT2D eigenvalue weighted by molar-refractivity contribution is 0.326. The molecule has 1 atom stereocenters.